The molecule has 0 aliphatic rings. The smallest absolute Gasteiger partial charge is 0.356 e. The van der Waals surface area contributed by atoms with Gasteiger partial charge in [0.05, 0.1) is 5.52 Å². The molecule has 3 aromatic rings. The highest BCUT2D eigenvalue weighted by Gasteiger charge is 2.16. The average Bonchev–Trinajstić information content (AvgIpc) is 2.84. The summed E-state index contributed by atoms with van der Waals surface area (Å²) in [7, 11) is 0. The molecule has 106 valence electrons. The SMILES string of the molecule is O=C(O)c1nc(COc2cccc(Cl)c2)n2ccccc12. The lowest BCUT2D eigenvalue weighted by Crippen LogP contribution is -2.01. The summed E-state index contributed by atoms with van der Waals surface area (Å²) in [6.07, 6.45) is 1.76. The van der Waals surface area contributed by atoms with Gasteiger partial charge in [-0.2, -0.15) is 0 Å². The molecule has 1 aromatic carbocycles. The minimum absolute atomic E-state index is 0.0142. The molecule has 3 rings (SSSR count). The van der Waals surface area contributed by atoms with E-state index < -0.39 is 5.97 Å². The Bertz CT molecular complexity index is 814. The third-order valence-corrected chi connectivity index (χ3v) is 3.22. The van der Waals surface area contributed by atoms with Crippen molar-refractivity contribution in [1.29, 1.82) is 0 Å². The van der Waals surface area contributed by atoms with Crippen LogP contribution in [0.2, 0.25) is 5.02 Å². The Labute approximate surface area is 125 Å². The Hall–Kier alpha value is -2.53. The van der Waals surface area contributed by atoms with E-state index in [4.69, 9.17) is 16.3 Å². The van der Waals surface area contributed by atoms with Gasteiger partial charge in [0.15, 0.2) is 11.5 Å². The average molecular weight is 303 g/mol. The van der Waals surface area contributed by atoms with Crippen LogP contribution in [-0.2, 0) is 6.61 Å². The van der Waals surface area contributed by atoms with Gasteiger partial charge < -0.3 is 9.84 Å². The molecule has 0 fully saturated rings. The Morgan fingerprint density at radius 3 is 2.90 bits per heavy atom. The van der Waals surface area contributed by atoms with Gasteiger partial charge >= 0.3 is 5.97 Å². The maximum Gasteiger partial charge on any atom is 0.356 e. The fourth-order valence-corrected chi connectivity index (χ4v) is 2.25. The quantitative estimate of drug-likeness (QED) is 0.803. The minimum Gasteiger partial charge on any atom is -0.486 e. The molecule has 0 spiro atoms. The lowest BCUT2D eigenvalue weighted by atomic mass is 10.3. The summed E-state index contributed by atoms with van der Waals surface area (Å²) in [6, 6.07) is 12.3. The van der Waals surface area contributed by atoms with E-state index >= 15 is 0 Å². The van der Waals surface area contributed by atoms with Crippen molar-refractivity contribution >= 4 is 23.1 Å². The van der Waals surface area contributed by atoms with E-state index in [0.717, 1.165) is 0 Å². The van der Waals surface area contributed by atoms with Crippen LogP contribution >= 0.6 is 11.6 Å². The number of nitrogens with zero attached hydrogens (tertiary/aromatic N) is 2. The van der Waals surface area contributed by atoms with E-state index in [1.165, 1.54) is 0 Å². The Balaban J connectivity index is 1.92. The number of fused-ring (bicyclic) bond motifs is 1. The number of ether oxygens (including phenoxy) is 1. The summed E-state index contributed by atoms with van der Waals surface area (Å²) < 4.78 is 7.32. The van der Waals surface area contributed by atoms with Crippen LogP contribution in [0.5, 0.6) is 5.75 Å². The number of carboxylic acids is 1. The molecule has 2 aromatic heterocycles. The van der Waals surface area contributed by atoms with Gasteiger partial charge in [-0.3, -0.25) is 4.40 Å². The fraction of sp³-hybridized carbons (Fsp3) is 0.0667. The first-order chi connectivity index (χ1) is 10.1. The van der Waals surface area contributed by atoms with Gasteiger partial charge in [0, 0.05) is 11.2 Å². The van der Waals surface area contributed by atoms with E-state index in [2.05, 4.69) is 4.98 Å². The second-order valence-electron chi connectivity index (χ2n) is 4.38. The van der Waals surface area contributed by atoms with Crippen molar-refractivity contribution < 1.29 is 14.6 Å². The zero-order chi connectivity index (χ0) is 14.8. The number of hydrogen-bond donors (Lipinski definition) is 1. The molecule has 0 aliphatic carbocycles. The molecule has 0 atom stereocenters. The number of aromatic nitrogens is 2. The number of rotatable bonds is 4. The normalized spacial score (nSPS) is 10.7. The third kappa shape index (κ3) is 2.68. The number of aromatic carboxylic acids is 1. The van der Waals surface area contributed by atoms with Crippen LogP contribution in [-0.4, -0.2) is 20.5 Å². The number of halogens is 1. The van der Waals surface area contributed by atoms with Crippen molar-refractivity contribution in [1.82, 2.24) is 9.38 Å². The fourth-order valence-electron chi connectivity index (χ4n) is 2.07. The monoisotopic (exact) mass is 302 g/mol. The molecule has 5 nitrogen and oxygen atoms in total. The molecule has 0 saturated heterocycles. The van der Waals surface area contributed by atoms with Gasteiger partial charge in [0.2, 0.25) is 0 Å². The number of carboxylic acid groups (broad SMARTS) is 1. The number of pyridine rings is 1. The summed E-state index contributed by atoms with van der Waals surface area (Å²) in [5.41, 5.74) is 0.551. The summed E-state index contributed by atoms with van der Waals surface area (Å²) in [6.45, 7) is 0.152. The zero-order valence-electron chi connectivity index (χ0n) is 10.9. The predicted molar refractivity (Wildman–Crippen MR) is 77.9 cm³/mol. The van der Waals surface area contributed by atoms with Crippen LogP contribution in [0, 0.1) is 0 Å². The number of carbonyl (C=O) groups is 1. The maximum absolute atomic E-state index is 11.2. The van der Waals surface area contributed by atoms with Crippen LogP contribution in [0.4, 0.5) is 0 Å². The number of benzene rings is 1. The highest BCUT2D eigenvalue weighted by atomic mass is 35.5. The van der Waals surface area contributed by atoms with E-state index in [0.29, 0.717) is 22.1 Å². The largest absolute Gasteiger partial charge is 0.486 e. The lowest BCUT2D eigenvalue weighted by Gasteiger charge is -2.05. The molecular weight excluding hydrogens is 292 g/mol. The first kappa shape index (κ1) is 13.5. The molecule has 0 bridgehead atoms. The molecule has 0 aliphatic heterocycles. The molecule has 0 radical (unpaired) electrons. The molecule has 0 saturated carbocycles. The second kappa shape index (κ2) is 5.46. The number of imidazole rings is 1. The van der Waals surface area contributed by atoms with Gasteiger partial charge in [0.25, 0.3) is 0 Å². The summed E-state index contributed by atoms with van der Waals surface area (Å²) >= 11 is 5.89. The first-order valence-electron chi connectivity index (χ1n) is 6.23. The highest BCUT2D eigenvalue weighted by molar-refractivity contribution is 6.30. The summed E-state index contributed by atoms with van der Waals surface area (Å²) in [4.78, 5) is 15.3. The molecule has 0 amide bonds. The van der Waals surface area contributed by atoms with Gasteiger partial charge in [-0.15, -0.1) is 0 Å². The van der Waals surface area contributed by atoms with Gasteiger partial charge in [-0.25, -0.2) is 9.78 Å². The topological polar surface area (TPSA) is 63.8 Å². The van der Waals surface area contributed by atoms with Crippen LogP contribution in [0.1, 0.15) is 16.3 Å². The van der Waals surface area contributed by atoms with E-state index in [-0.39, 0.29) is 12.3 Å². The molecule has 6 heteroatoms. The van der Waals surface area contributed by atoms with Crippen LogP contribution in [0.25, 0.3) is 5.52 Å². The van der Waals surface area contributed by atoms with Crippen LogP contribution < -0.4 is 4.74 Å². The van der Waals surface area contributed by atoms with E-state index in [1.807, 2.05) is 6.07 Å². The van der Waals surface area contributed by atoms with Gasteiger partial charge in [-0.1, -0.05) is 23.7 Å². The van der Waals surface area contributed by atoms with Crippen molar-refractivity contribution in [3.63, 3.8) is 0 Å². The second-order valence-corrected chi connectivity index (χ2v) is 4.82. The molecule has 21 heavy (non-hydrogen) atoms. The Kier molecular flexibility index (Phi) is 3.50. The standard InChI is InChI=1S/C15H11ClN2O3/c16-10-4-3-5-11(8-10)21-9-13-17-14(15(19)20)12-6-1-2-7-18(12)13/h1-8H,9H2,(H,19,20). The van der Waals surface area contributed by atoms with Crippen molar-refractivity contribution in [3.05, 3.63) is 65.2 Å². The zero-order valence-corrected chi connectivity index (χ0v) is 11.6. The van der Waals surface area contributed by atoms with E-state index in [1.54, 1.807) is 47.0 Å². The Morgan fingerprint density at radius 2 is 2.14 bits per heavy atom. The molecule has 2 heterocycles. The van der Waals surface area contributed by atoms with Gasteiger partial charge in [0.1, 0.15) is 12.4 Å². The minimum atomic E-state index is -1.06. The van der Waals surface area contributed by atoms with Crippen molar-refractivity contribution in [2.75, 3.05) is 0 Å². The maximum atomic E-state index is 11.2. The molecule has 1 N–H and O–H groups in total. The first-order valence-corrected chi connectivity index (χ1v) is 6.60. The lowest BCUT2D eigenvalue weighted by molar-refractivity contribution is 0.0693. The van der Waals surface area contributed by atoms with E-state index in [9.17, 15) is 9.90 Å². The van der Waals surface area contributed by atoms with Crippen molar-refractivity contribution in [2.45, 2.75) is 6.61 Å². The molecular formula is C15H11ClN2O3. The van der Waals surface area contributed by atoms with Crippen molar-refractivity contribution in [2.24, 2.45) is 0 Å². The summed E-state index contributed by atoms with van der Waals surface area (Å²) in [5.74, 6) is 0.0581. The molecule has 0 unspecified atom stereocenters. The van der Waals surface area contributed by atoms with Crippen LogP contribution in [0.15, 0.2) is 48.7 Å². The predicted octanol–water partition coefficient (Wildman–Crippen LogP) is 3.26. The number of hydrogen-bond acceptors (Lipinski definition) is 3. The summed E-state index contributed by atoms with van der Waals surface area (Å²) in [5, 5.41) is 9.76. The highest BCUT2D eigenvalue weighted by Crippen LogP contribution is 2.19. The van der Waals surface area contributed by atoms with Gasteiger partial charge in [-0.05, 0) is 30.3 Å². The van der Waals surface area contributed by atoms with Crippen LogP contribution in [0.3, 0.4) is 0 Å². The Morgan fingerprint density at radius 1 is 1.29 bits per heavy atom. The third-order valence-electron chi connectivity index (χ3n) is 2.99. The van der Waals surface area contributed by atoms with Crippen molar-refractivity contribution in [3.8, 4) is 5.75 Å².